The summed E-state index contributed by atoms with van der Waals surface area (Å²) in [6.45, 7) is 2.46. The molecule has 1 amide bonds. The number of ether oxygens (including phenoxy) is 2. The number of carbonyl (C=O) groups is 2. The Morgan fingerprint density at radius 3 is 2.47 bits per heavy atom. The average molecular weight is 479 g/mol. The van der Waals surface area contributed by atoms with Gasteiger partial charge >= 0.3 is 12.1 Å². The van der Waals surface area contributed by atoms with E-state index >= 15 is 0 Å². The van der Waals surface area contributed by atoms with E-state index in [4.69, 9.17) is 9.47 Å². The molecule has 0 radical (unpaired) electrons. The van der Waals surface area contributed by atoms with E-state index in [1.807, 2.05) is 35.2 Å². The predicted molar refractivity (Wildman–Crippen MR) is 121 cm³/mol. The number of hydrogen-bond donors (Lipinski definition) is 1. The predicted octanol–water partition coefficient (Wildman–Crippen LogP) is 3.55. The summed E-state index contributed by atoms with van der Waals surface area (Å²) in [6, 6.07) is 12.7. The number of rotatable bonds is 9. The van der Waals surface area contributed by atoms with Crippen molar-refractivity contribution < 1.29 is 32.2 Å². The summed E-state index contributed by atoms with van der Waals surface area (Å²) < 4.78 is 50.1. The van der Waals surface area contributed by atoms with Crippen LogP contribution in [0.1, 0.15) is 17.5 Å². The van der Waals surface area contributed by atoms with Crippen molar-refractivity contribution in [3.05, 3.63) is 59.7 Å². The van der Waals surface area contributed by atoms with Crippen molar-refractivity contribution >= 4 is 23.3 Å². The van der Waals surface area contributed by atoms with E-state index in [0.717, 1.165) is 17.7 Å². The summed E-state index contributed by atoms with van der Waals surface area (Å²) in [6.07, 6.45) is -4.46. The summed E-state index contributed by atoms with van der Waals surface area (Å²) >= 11 is 0. The van der Waals surface area contributed by atoms with Gasteiger partial charge in [0.05, 0.1) is 50.2 Å². The Morgan fingerprint density at radius 1 is 1.12 bits per heavy atom. The number of benzene rings is 2. The molecule has 0 saturated carbocycles. The Balaban J connectivity index is 1.78. The van der Waals surface area contributed by atoms with Crippen molar-refractivity contribution in [3.63, 3.8) is 0 Å². The molecule has 0 atom stereocenters. The van der Waals surface area contributed by atoms with Gasteiger partial charge in [0.2, 0.25) is 5.91 Å². The van der Waals surface area contributed by atoms with Crippen molar-refractivity contribution in [1.29, 1.82) is 0 Å². The molecule has 0 aromatic heterocycles. The van der Waals surface area contributed by atoms with Crippen molar-refractivity contribution in [2.75, 3.05) is 56.7 Å². The first-order valence-electron chi connectivity index (χ1n) is 10.9. The fraction of sp³-hybridized carbons (Fsp3) is 0.417. The second kappa shape index (κ2) is 11.8. The molecule has 7 nitrogen and oxygen atoms in total. The van der Waals surface area contributed by atoms with E-state index in [2.05, 4.69) is 5.32 Å². The fourth-order valence-electron chi connectivity index (χ4n) is 3.69. The van der Waals surface area contributed by atoms with E-state index in [1.54, 1.807) is 4.90 Å². The molecule has 0 bridgehead atoms. The third kappa shape index (κ3) is 7.46. The Morgan fingerprint density at radius 2 is 1.82 bits per heavy atom. The van der Waals surface area contributed by atoms with Crippen LogP contribution < -0.4 is 10.2 Å². The van der Waals surface area contributed by atoms with Crippen LogP contribution in [0.15, 0.2) is 48.5 Å². The number of nitrogens with one attached hydrogen (secondary N) is 1. The van der Waals surface area contributed by atoms with Crippen molar-refractivity contribution in [1.82, 2.24) is 4.90 Å². The lowest BCUT2D eigenvalue weighted by Gasteiger charge is -2.31. The smallest absolute Gasteiger partial charge is 0.416 e. The largest absolute Gasteiger partial charge is 0.469 e. The van der Waals surface area contributed by atoms with Crippen LogP contribution in [-0.4, -0.2) is 63.3 Å². The van der Waals surface area contributed by atoms with E-state index in [0.29, 0.717) is 38.5 Å². The maximum atomic E-state index is 13.3. The maximum absolute atomic E-state index is 13.3. The number of morpholine rings is 1. The van der Waals surface area contributed by atoms with Crippen LogP contribution in [-0.2, 0) is 31.8 Å². The van der Waals surface area contributed by atoms with E-state index in [-0.39, 0.29) is 25.2 Å². The van der Waals surface area contributed by atoms with Crippen LogP contribution in [0.25, 0.3) is 0 Å². The summed E-state index contributed by atoms with van der Waals surface area (Å²) in [5.41, 5.74) is 0.697. The number of anilines is 2. The van der Waals surface area contributed by atoms with Crippen molar-refractivity contribution in [3.8, 4) is 0 Å². The Hall–Kier alpha value is -3.11. The van der Waals surface area contributed by atoms with Crippen LogP contribution in [0.3, 0.4) is 0 Å². The molecule has 0 spiro atoms. The number of halogens is 3. The molecule has 1 N–H and O–H groups in total. The molecule has 2 aromatic carbocycles. The highest BCUT2D eigenvalue weighted by Crippen LogP contribution is 2.35. The number of alkyl halides is 3. The Kier molecular flexibility index (Phi) is 8.89. The number of methoxy groups -OCH3 is 1. The highest BCUT2D eigenvalue weighted by molar-refractivity contribution is 5.96. The van der Waals surface area contributed by atoms with Gasteiger partial charge in [0.15, 0.2) is 0 Å². The Bertz CT molecular complexity index is 964. The summed E-state index contributed by atoms with van der Waals surface area (Å²) in [7, 11) is 1.29. The summed E-state index contributed by atoms with van der Waals surface area (Å²) in [5, 5.41) is 2.66. The molecule has 1 aliphatic rings. The van der Waals surface area contributed by atoms with Gasteiger partial charge in [-0.2, -0.15) is 13.2 Å². The quantitative estimate of drug-likeness (QED) is 0.555. The number of carbonyl (C=O) groups excluding carboxylic acids is 2. The van der Waals surface area contributed by atoms with Crippen LogP contribution in [0.5, 0.6) is 0 Å². The van der Waals surface area contributed by atoms with Gasteiger partial charge in [-0.05, 0) is 23.8 Å². The Labute approximate surface area is 196 Å². The van der Waals surface area contributed by atoms with Gasteiger partial charge in [-0.15, -0.1) is 0 Å². The highest BCUT2D eigenvalue weighted by atomic mass is 19.4. The van der Waals surface area contributed by atoms with Crippen LogP contribution in [0.2, 0.25) is 0 Å². The van der Waals surface area contributed by atoms with Gasteiger partial charge in [0.1, 0.15) is 0 Å². The fourth-order valence-corrected chi connectivity index (χ4v) is 3.69. The van der Waals surface area contributed by atoms with Crippen LogP contribution in [0, 0.1) is 0 Å². The minimum Gasteiger partial charge on any atom is -0.469 e. The summed E-state index contributed by atoms with van der Waals surface area (Å²) in [5.74, 6) is -0.888. The van der Waals surface area contributed by atoms with Gasteiger partial charge in [-0.1, -0.05) is 30.3 Å². The van der Waals surface area contributed by atoms with Gasteiger partial charge in [-0.25, -0.2) is 0 Å². The molecular formula is C24H28F3N3O4. The van der Waals surface area contributed by atoms with E-state index in [1.165, 1.54) is 13.2 Å². The van der Waals surface area contributed by atoms with E-state index < -0.39 is 23.6 Å². The average Bonchev–Trinajstić information content (AvgIpc) is 2.83. The molecule has 1 saturated heterocycles. The van der Waals surface area contributed by atoms with Crippen LogP contribution >= 0.6 is 0 Å². The molecule has 0 unspecified atom stereocenters. The molecule has 1 fully saturated rings. The first kappa shape index (κ1) is 25.5. The lowest BCUT2D eigenvalue weighted by atomic mass is 10.1. The molecule has 3 rings (SSSR count). The third-order valence-corrected chi connectivity index (χ3v) is 5.43. The molecule has 2 aromatic rings. The van der Waals surface area contributed by atoms with Crippen molar-refractivity contribution in [2.24, 2.45) is 0 Å². The first-order valence-corrected chi connectivity index (χ1v) is 10.9. The number of esters is 1. The zero-order valence-electron chi connectivity index (χ0n) is 18.9. The number of nitrogens with zero attached hydrogens (tertiary/aromatic N) is 2. The number of hydrogen-bond acceptors (Lipinski definition) is 6. The molecule has 1 aliphatic heterocycles. The maximum Gasteiger partial charge on any atom is 0.416 e. The molecule has 10 heteroatoms. The van der Waals surface area contributed by atoms with Gasteiger partial charge < -0.3 is 19.7 Å². The normalized spacial score (nSPS) is 14.2. The third-order valence-electron chi connectivity index (χ3n) is 5.43. The standard InChI is InChI=1S/C24H28F3N3O4/c1-33-23(32)9-10-29(16-18-5-3-2-4-6-18)17-22(31)28-20-15-19(24(25,26)27)7-8-21(20)30-11-13-34-14-12-30/h2-8,15H,9-14,16-17H2,1H3,(H,28,31). The topological polar surface area (TPSA) is 71.1 Å². The van der Waals surface area contributed by atoms with Crippen molar-refractivity contribution in [2.45, 2.75) is 19.1 Å². The molecule has 184 valence electrons. The monoisotopic (exact) mass is 479 g/mol. The number of amides is 1. The summed E-state index contributed by atoms with van der Waals surface area (Å²) in [4.78, 5) is 28.2. The highest BCUT2D eigenvalue weighted by Gasteiger charge is 2.32. The SMILES string of the molecule is COC(=O)CCN(CC(=O)Nc1cc(C(F)(F)F)ccc1N1CCOCC1)Cc1ccccc1. The second-order valence-electron chi connectivity index (χ2n) is 7.90. The molecular weight excluding hydrogens is 451 g/mol. The zero-order chi connectivity index (χ0) is 24.6. The van der Waals surface area contributed by atoms with Gasteiger partial charge in [0, 0.05) is 26.2 Å². The molecule has 1 heterocycles. The van der Waals surface area contributed by atoms with Gasteiger partial charge in [0.25, 0.3) is 0 Å². The molecule has 0 aliphatic carbocycles. The lowest BCUT2D eigenvalue weighted by molar-refractivity contribution is -0.141. The van der Waals surface area contributed by atoms with Crippen LogP contribution in [0.4, 0.5) is 24.5 Å². The lowest BCUT2D eigenvalue weighted by Crippen LogP contribution is -2.38. The first-order chi connectivity index (χ1) is 16.3. The second-order valence-corrected chi connectivity index (χ2v) is 7.90. The van der Waals surface area contributed by atoms with Gasteiger partial charge in [-0.3, -0.25) is 14.5 Å². The zero-order valence-corrected chi connectivity index (χ0v) is 18.9. The minimum absolute atomic E-state index is 0.0825. The molecule has 34 heavy (non-hydrogen) atoms. The van der Waals surface area contributed by atoms with E-state index in [9.17, 15) is 22.8 Å². The minimum atomic E-state index is -4.54.